The number of halogens is 1. The monoisotopic (exact) mass is 275 g/mol. The number of thiophene rings is 1. The van der Waals surface area contributed by atoms with Crippen molar-refractivity contribution in [2.45, 2.75) is 37.5 Å². The lowest BCUT2D eigenvalue weighted by Gasteiger charge is -2.29. The molecule has 0 aliphatic carbocycles. The second-order valence-electron chi connectivity index (χ2n) is 4.08. The van der Waals surface area contributed by atoms with E-state index in [0.29, 0.717) is 6.04 Å². The molecule has 1 aromatic heterocycles. The molecule has 1 nitrogen and oxygen atoms in total. The Bertz CT molecular complexity index is 321. The summed E-state index contributed by atoms with van der Waals surface area (Å²) in [5.41, 5.74) is 0. The van der Waals surface area contributed by atoms with E-state index >= 15 is 0 Å². The van der Waals surface area contributed by atoms with Crippen molar-refractivity contribution in [1.29, 1.82) is 0 Å². The molecule has 0 spiro atoms. The van der Waals surface area contributed by atoms with E-state index in [-0.39, 0.29) is 0 Å². The summed E-state index contributed by atoms with van der Waals surface area (Å²) in [4.78, 5) is 1.39. The van der Waals surface area contributed by atoms with Crippen molar-refractivity contribution >= 4 is 34.7 Å². The molecule has 90 valence electrons. The smallest absolute Gasteiger partial charge is 0.0931 e. The van der Waals surface area contributed by atoms with E-state index in [4.69, 9.17) is 11.6 Å². The number of rotatable bonds is 4. The molecule has 2 atom stereocenters. The maximum absolute atomic E-state index is 6.03. The Morgan fingerprint density at radius 1 is 1.50 bits per heavy atom. The van der Waals surface area contributed by atoms with Crippen LogP contribution in [0.1, 0.15) is 37.1 Å². The minimum Gasteiger partial charge on any atom is -0.309 e. The Kier molecular flexibility index (Phi) is 5.01. The van der Waals surface area contributed by atoms with E-state index in [1.165, 1.54) is 29.9 Å². The molecule has 1 N–H and O–H groups in total. The van der Waals surface area contributed by atoms with Crippen molar-refractivity contribution in [1.82, 2.24) is 5.32 Å². The van der Waals surface area contributed by atoms with Crippen molar-refractivity contribution < 1.29 is 0 Å². The van der Waals surface area contributed by atoms with Crippen LogP contribution in [0.3, 0.4) is 0 Å². The SMILES string of the molecule is CCNC(c1ccc(Cl)s1)C1CCCCS1. The zero-order valence-corrected chi connectivity index (χ0v) is 11.9. The molecule has 1 aliphatic rings. The normalized spacial score (nSPS) is 23.2. The Morgan fingerprint density at radius 3 is 2.94 bits per heavy atom. The molecule has 0 amide bonds. The highest BCUT2D eigenvalue weighted by Crippen LogP contribution is 2.38. The van der Waals surface area contributed by atoms with Gasteiger partial charge in [0, 0.05) is 10.1 Å². The van der Waals surface area contributed by atoms with Gasteiger partial charge in [-0.2, -0.15) is 11.8 Å². The Morgan fingerprint density at radius 2 is 2.38 bits per heavy atom. The zero-order valence-electron chi connectivity index (χ0n) is 9.54. The van der Waals surface area contributed by atoms with E-state index in [1.807, 2.05) is 6.07 Å². The quantitative estimate of drug-likeness (QED) is 0.877. The van der Waals surface area contributed by atoms with Gasteiger partial charge in [0.25, 0.3) is 0 Å². The molecule has 0 radical (unpaired) electrons. The lowest BCUT2D eigenvalue weighted by Crippen LogP contribution is -2.31. The summed E-state index contributed by atoms with van der Waals surface area (Å²) in [7, 11) is 0. The van der Waals surface area contributed by atoms with Gasteiger partial charge in [-0.25, -0.2) is 0 Å². The van der Waals surface area contributed by atoms with Crippen LogP contribution in [-0.4, -0.2) is 17.5 Å². The van der Waals surface area contributed by atoms with Gasteiger partial charge in [0.15, 0.2) is 0 Å². The standard InChI is InChI=1S/C12H18ClNS2/c1-2-14-12(9-5-3-4-8-15-9)10-6-7-11(13)16-10/h6-7,9,12,14H,2-5,8H2,1H3. The largest absolute Gasteiger partial charge is 0.309 e. The minimum atomic E-state index is 0.493. The second kappa shape index (κ2) is 6.29. The molecule has 4 heteroatoms. The first kappa shape index (κ1) is 12.7. The van der Waals surface area contributed by atoms with Gasteiger partial charge in [0.1, 0.15) is 0 Å². The molecular weight excluding hydrogens is 258 g/mol. The fraction of sp³-hybridized carbons (Fsp3) is 0.667. The highest BCUT2D eigenvalue weighted by Gasteiger charge is 2.25. The number of thioether (sulfide) groups is 1. The number of nitrogens with one attached hydrogen (secondary N) is 1. The maximum atomic E-state index is 6.03. The summed E-state index contributed by atoms with van der Waals surface area (Å²) in [5.74, 6) is 1.31. The molecule has 0 saturated carbocycles. The third-order valence-corrected chi connectivity index (χ3v) is 5.69. The topological polar surface area (TPSA) is 12.0 Å². The van der Waals surface area contributed by atoms with Gasteiger partial charge in [0.05, 0.1) is 10.4 Å². The van der Waals surface area contributed by atoms with Crippen LogP contribution in [0.4, 0.5) is 0 Å². The molecule has 0 aromatic carbocycles. The zero-order chi connectivity index (χ0) is 11.4. The molecule has 1 fully saturated rings. The second-order valence-corrected chi connectivity index (χ2v) is 7.18. The minimum absolute atomic E-state index is 0.493. The van der Waals surface area contributed by atoms with Crippen molar-refractivity contribution in [2.75, 3.05) is 12.3 Å². The predicted octanol–water partition coefficient (Wildman–Crippen LogP) is 4.34. The van der Waals surface area contributed by atoms with Crippen LogP contribution < -0.4 is 5.32 Å². The van der Waals surface area contributed by atoms with E-state index < -0.39 is 0 Å². The first-order chi connectivity index (χ1) is 7.81. The lowest BCUT2D eigenvalue weighted by atomic mass is 10.1. The fourth-order valence-electron chi connectivity index (χ4n) is 2.16. The van der Waals surface area contributed by atoms with Gasteiger partial charge >= 0.3 is 0 Å². The van der Waals surface area contributed by atoms with Gasteiger partial charge in [-0.3, -0.25) is 0 Å². The van der Waals surface area contributed by atoms with Crippen LogP contribution in [0.5, 0.6) is 0 Å². The molecule has 2 heterocycles. The summed E-state index contributed by atoms with van der Waals surface area (Å²) in [6, 6.07) is 4.68. The average molecular weight is 276 g/mol. The summed E-state index contributed by atoms with van der Waals surface area (Å²) < 4.78 is 0.902. The highest BCUT2D eigenvalue weighted by molar-refractivity contribution is 8.00. The molecule has 2 rings (SSSR count). The van der Waals surface area contributed by atoms with Crippen molar-refractivity contribution in [2.24, 2.45) is 0 Å². The van der Waals surface area contributed by atoms with Crippen LogP contribution in [0.25, 0.3) is 0 Å². The van der Waals surface area contributed by atoms with Crippen LogP contribution in [0, 0.1) is 0 Å². The molecular formula is C12H18ClNS2. The molecule has 2 unspecified atom stereocenters. The average Bonchev–Trinajstić information content (AvgIpc) is 2.74. The summed E-state index contributed by atoms with van der Waals surface area (Å²) >= 11 is 9.86. The third kappa shape index (κ3) is 3.16. The first-order valence-electron chi connectivity index (χ1n) is 5.91. The maximum Gasteiger partial charge on any atom is 0.0931 e. The Balaban J connectivity index is 2.09. The van der Waals surface area contributed by atoms with Crippen LogP contribution in [0.2, 0.25) is 4.34 Å². The Hall–Kier alpha value is 0.300. The fourth-order valence-corrected chi connectivity index (χ4v) is 4.89. The van der Waals surface area contributed by atoms with Gasteiger partial charge in [-0.15, -0.1) is 11.3 Å². The molecule has 1 aliphatic heterocycles. The van der Waals surface area contributed by atoms with E-state index in [1.54, 1.807) is 11.3 Å². The van der Waals surface area contributed by atoms with Gasteiger partial charge < -0.3 is 5.32 Å². The molecule has 1 aromatic rings. The van der Waals surface area contributed by atoms with Crippen molar-refractivity contribution in [3.63, 3.8) is 0 Å². The van der Waals surface area contributed by atoms with Gasteiger partial charge in [-0.05, 0) is 37.3 Å². The van der Waals surface area contributed by atoms with Crippen LogP contribution >= 0.6 is 34.7 Å². The van der Waals surface area contributed by atoms with E-state index in [2.05, 4.69) is 30.1 Å². The van der Waals surface area contributed by atoms with Gasteiger partial charge in [0.2, 0.25) is 0 Å². The summed E-state index contributed by atoms with van der Waals surface area (Å²) in [6.45, 7) is 3.20. The lowest BCUT2D eigenvalue weighted by molar-refractivity contribution is 0.497. The van der Waals surface area contributed by atoms with E-state index in [9.17, 15) is 0 Å². The van der Waals surface area contributed by atoms with Crippen LogP contribution in [-0.2, 0) is 0 Å². The number of hydrogen-bond donors (Lipinski definition) is 1. The van der Waals surface area contributed by atoms with Crippen molar-refractivity contribution in [3.05, 3.63) is 21.3 Å². The summed E-state index contributed by atoms with van der Waals surface area (Å²) in [6.07, 6.45) is 4.09. The molecule has 16 heavy (non-hydrogen) atoms. The van der Waals surface area contributed by atoms with Gasteiger partial charge in [-0.1, -0.05) is 24.9 Å². The molecule has 0 bridgehead atoms. The first-order valence-corrected chi connectivity index (χ1v) is 8.16. The number of hydrogen-bond acceptors (Lipinski definition) is 3. The Labute approximate surface area is 111 Å². The predicted molar refractivity (Wildman–Crippen MR) is 75.8 cm³/mol. The van der Waals surface area contributed by atoms with E-state index in [0.717, 1.165) is 16.1 Å². The van der Waals surface area contributed by atoms with Crippen molar-refractivity contribution in [3.8, 4) is 0 Å². The molecule has 1 saturated heterocycles. The van der Waals surface area contributed by atoms with Crippen LogP contribution in [0.15, 0.2) is 12.1 Å². The summed E-state index contributed by atoms with van der Waals surface area (Å²) in [5, 5.41) is 4.34. The third-order valence-electron chi connectivity index (χ3n) is 2.91. The highest BCUT2D eigenvalue weighted by atomic mass is 35.5.